The van der Waals surface area contributed by atoms with Crippen LogP contribution in [-0.4, -0.2) is 33.5 Å². The molecule has 0 N–H and O–H groups in total. The number of hydrogen-bond donors (Lipinski definition) is 0. The SMILES string of the molecule is CCCCC(C)(C)[S-].CCCCCCCC[S-].CCCCSCCCC.CCSCC.[Cl][Pt+].[Cl][Pt+]. The van der Waals surface area contributed by atoms with Crippen molar-refractivity contribution in [2.75, 3.05) is 28.8 Å². The van der Waals surface area contributed by atoms with Crippen molar-refractivity contribution in [3.05, 3.63) is 0 Å². The third-order valence-corrected chi connectivity index (χ3v) is 6.79. The van der Waals surface area contributed by atoms with Crippen molar-refractivity contribution in [2.45, 2.75) is 144 Å². The Morgan fingerprint density at radius 3 is 1.20 bits per heavy atom. The average Bonchev–Trinajstić information content (AvgIpc) is 2.86. The van der Waals surface area contributed by atoms with Gasteiger partial charge >= 0.3 is 56.4 Å². The van der Waals surface area contributed by atoms with Crippen molar-refractivity contribution >= 4 is 67.6 Å². The van der Waals surface area contributed by atoms with Gasteiger partial charge in [-0.25, -0.2) is 0 Å². The molecule has 0 amide bonds. The molecule has 0 spiro atoms. The van der Waals surface area contributed by atoms with Crippen LogP contribution in [-0.2, 0) is 62.8 Å². The second kappa shape index (κ2) is 57.3. The fraction of sp³-hybridized carbons (Fsp3) is 1.00. The van der Waals surface area contributed by atoms with E-state index in [1.54, 1.807) is 37.5 Å². The van der Waals surface area contributed by atoms with E-state index >= 15 is 0 Å². The molecule has 0 nitrogen and oxygen atoms in total. The van der Waals surface area contributed by atoms with E-state index in [0.717, 1.165) is 5.75 Å². The molecule has 0 unspecified atom stereocenters. The van der Waals surface area contributed by atoms with Crippen LogP contribution in [0.25, 0.3) is 0 Å². The van der Waals surface area contributed by atoms with Gasteiger partial charge in [0.2, 0.25) is 0 Å². The molecule has 0 rings (SSSR count). The van der Waals surface area contributed by atoms with Crippen LogP contribution in [0.15, 0.2) is 0 Å². The number of halogens is 2. The Morgan fingerprint density at radius 2 is 0.943 bits per heavy atom. The normalized spacial score (nSPS) is 9.49. The Labute approximate surface area is 274 Å². The molecule has 0 aliphatic carbocycles. The Hall–Kier alpha value is 3.36. The average molecular weight is 974 g/mol. The maximum absolute atomic E-state index is 5.15. The van der Waals surface area contributed by atoms with Gasteiger partial charge in [-0.05, 0) is 35.9 Å². The predicted molar refractivity (Wildman–Crippen MR) is 174 cm³/mol. The van der Waals surface area contributed by atoms with Gasteiger partial charge in [0.05, 0.1) is 0 Å². The molecule has 0 aliphatic heterocycles. The number of thioether (sulfide) groups is 2. The molecule has 0 radical (unpaired) electrons. The molecular weight excluding hydrogens is 914 g/mol. The molecule has 0 saturated carbocycles. The second-order valence-electron chi connectivity index (χ2n) is 8.44. The Kier molecular flexibility index (Phi) is 83.7. The summed E-state index contributed by atoms with van der Waals surface area (Å²) in [6, 6.07) is 0. The first-order valence-corrected chi connectivity index (χ1v) is 22.4. The molecule has 0 aromatic rings. The van der Waals surface area contributed by atoms with Gasteiger partial charge in [0.25, 0.3) is 0 Å². The van der Waals surface area contributed by atoms with E-state index in [1.165, 1.54) is 106 Å². The van der Waals surface area contributed by atoms with Crippen molar-refractivity contribution < 1.29 is 37.5 Å². The summed E-state index contributed by atoms with van der Waals surface area (Å²) < 4.78 is 0.135. The molecule has 0 atom stereocenters. The summed E-state index contributed by atoms with van der Waals surface area (Å²) in [5.41, 5.74) is 0. The van der Waals surface area contributed by atoms with E-state index in [-0.39, 0.29) is 4.75 Å². The first kappa shape index (κ1) is 51.1. The van der Waals surface area contributed by atoms with E-state index < -0.39 is 0 Å². The third-order valence-electron chi connectivity index (χ3n) is 4.32. The Bertz CT molecular complexity index is 246. The zero-order valence-electron chi connectivity index (χ0n) is 24.2. The van der Waals surface area contributed by atoms with Gasteiger partial charge < -0.3 is 25.3 Å². The molecule has 0 aromatic carbocycles. The van der Waals surface area contributed by atoms with E-state index in [2.05, 4.69) is 86.0 Å². The zero-order chi connectivity index (χ0) is 28.6. The van der Waals surface area contributed by atoms with Crippen molar-refractivity contribution in [1.29, 1.82) is 0 Å². The van der Waals surface area contributed by atoms with E-state index in [0.29, 0.717) is 0 Å². The van der Waals surface area contributed by atoms with Crippen molar-refractivity contribution in [3.8, 4) is 0 Å². The van der Waals surface area contributed by atoms with Crippen LogP contribution < -0.4 is 0 Å². The topological polar surface area (TPSA) is 0 Å². The fourth-order valence-corrected chi connectivity index (χ4v) is 4.23. The van der Waals surface area contributed by atoms with Crippen molar-refractivity contribution in [3.63, 3.8) is 0 Å². The van der Waals surface area contributed by atoms with Crippen LogP contribution >= 0.6 is 42.4 Å². The molecule has 0 heterocycles. The predicted octanol–water partition coefficient (Wildman–Crippen LogP) is 11.8. The number of unbranched alkanes of at least 4 members (excludes halogenated alkanes) is 8. The third kappa shape index (κ3) is 93.4. The van der Waals surface area contributed by atoms with Gasteiger partial charge in [0.1, 0.15) is 0 Å². The first-order chi connectivity index (χ1) is 16.8. The van der Waals surface area contributed by atoms with Crippen LogP contribution in [0.5, 0.6) is 0 Å². The number of rotatable bonds is 17. The molecule has 0 bridgehead atoms. The van der Waals surface area contributed by atoms with Crippen LogP contribution in [0.1, 0.15) is 139 Å². The molecule has 226 valence electrons. The minimum absolute atomic E-state index is 0.135. The maximum atomic E-state index is 5.15. The monoisotopic (exact) mass is 972 g/mol. The van der Waals surface area contributed by atoms with Crippen molar-refractivity contribution in [2.24, 2.45) is 0 Å². The zero-order valence-corrected chi connectivity index (χ0v) is 33.6. The van der Waals surface area contributed by atoms with Gasteiger partial charge in [-0.2, -0.15) is 34.0 Å². The van der Waals surface area contributed by atoms with Gasteiger partial charge in [-0.1, -0.05) is 126 Å². The summed E-state index contributed by atoms with van der Waals surface area (Å²) in [6.07, 6.45) is 17.3. The fourth-order valence-electron chi connectivity index (χ4n) is 2.28. The van der Waals surface area contributed by atoms with Crippen LogP contribution in [0, 0.1) is 0 Å². The number of hydrogen-bond acceptors (Lipinski definition) is 4. The molecular formula is C27H60Cl2Pt2S4. The van der Waals surface area contributed by atoms with Crippen LogP contribution in [0.2, 0.25) is 0 Å². The summed E-state index contributed by atoms with van der Waals surface area (Å²) in [6.45, 7) is 17.5. The van der Waals surface area contributed by atoms with Crippen molar-refractivity contribution in [1.82, 2.24) is 0 Å². The van der Waals surface area contributed by atoms with Gasteiger partial charge in [0, 0.05) is 0 Å². The molecule has 0 fully saturated rings. The van der Waals surface area contributed by atoms with E-state index in [4.69, 9.17) is 25.3 Å². The van der Waals surface area contributed by atoms with Gasteiger partial charge in [-0.15, -0.1) is 0 Å². The van der Waals surface area contributed by atoms with Crippen LogP contribution in [0.3, 0.4) is 0 Å². The molecule has 0 aliphatic rings. The summed E-state index contributed by atoms with van der Waals surface area (Å²) in [5.74, 6) is 6.21. The Morgan fingerprint density at radius 1 is 0.571 bits per heavy atom. The summed E-state index contributed by atoms with van der Waals surface area (Å²) >= 11 is 17.3. The quantitative estimate of drug-likeness (QED) is 0.105. The van der Waals surface area contributed by atoms with Gasteiger partial charge in [0.15, 0.2) is 0 Å². The molecule has 0 saturated heterocycles. The summed E-state index contributed by atoms with van der Waals surface area (Å²) in [7, 11) is 9.22. The second-order valence-corrected chi connectivity index (χ2v) is 12.7. The van der Waals surface area contributed by atoms with E-state index in [9.17, 15) is 0 Å². The van der Waals surface area contributed by atoms with Gasteiger partial charge in [-0.3, -0.25) is 0 Å². The van der Waals surface area contributed by atoms with Crippen LogP contribution in [0.4, 0.5) is 0 Å². The standard InChI is InChI=1S/2C8H18S.C7H16S.C4H10S.2ClH.2Pt/c1-3-5-7-9-8-6-4-2;1-2-3-4-5-6-7-8-9;1-4-5-6-7(2,3)8;1-3-5-4-2;;;;/h3-8H2,1-2H3;9H,2-8H2,1H3;8H,4-6H2,1-3H3;3-4H2,1-2H3;2*1H;;/q;;;;;;2*+2/p-4. The minimum atomic E-state index is 0.135. The first-order valence-electron chi connectivity index (χ1n) is 13.5. The summed E-state index contributed by atoms with van der Waals surface area (Å²) in [5, 5.41) is 0. The van der Waals surface area contributed by atoms with E-state index in [1.807, 2.05) is 11.8 Å². The molecule has 35 heavy (non-hydrogen) atoms. The summed E-state index contributed by atoms with van der Waals surface area (Å²) in [4.78, 5) is 0. The molecule has 0 aromatic heterocycles. The molecule has 8 heteroatoms. The Balaban J connectivity index is -0.0000000775.